The molecule has 5 heteroatoms. The monoisotopic (exact) mass is 291 g/mol. The highest BCUT2D eigenvalue weighted by Gasteiger charge is 2.28. The van der Waals surface area contributed by atoms with Gasteiger partial charge >= 0.3 is 0 Å². The van der Waals surface area contributed by atoms with Gasteiger partial charge in [-0.25, -0.2) is 0 Å². The minimum atomic E-state index is -2.66. The largest absolute Gasteiger partial charge is 0.473 e. The van der Waals surface area contributed by atoms with Gasteiger partial charge in [0.1, 0.15) is 5.75 Å². The zero-order valence-electron chi connectivity index (χ0n) is 11.0. The molecule has 0 aromatic heterocycles. The van der Waals surface area contributed by atoms with Crippen molar-refractivity contribution in [1.82, 2.24) is 0 Å². The number of para-hydroxylation sites is 2. The van der Waals surface area contributed by atoms with Crippen molar-refractivity contribution in [2.75, 3.05) is 23.9 Å². The van der Waals surface area contributed by atoms with Crippen molar-refractivity contribution in [3.05, 3.63) is 54.6 Å². The first-order valence-electron chi connectivity index (χ1n) is 6.44. The van der Waals surface area contributed by atoms with Crippen LogP contribution in [0.4, 0.5) is 5.69 Å². The molecule has 0 fully saturated rings. The fourth-order valence-electron chi connectivity index (χ4n) is 2.27. The zero-order chi connectivity index (χ0) is 14.0. The van der Waals surface area contributed by atoms with Gasteiger partial charge in [-0.3, -0.25) is 9.11 Å². The lowest BCUT2D eigenvalue weighted by atomic mass is 10.3. The van der Waals surface area contributed by atoms with Crippen LogP contribution in [0.3, 0.4) is 0 Å². The van der Waals surface area contributed by atoms with Crippen LogP contribution in [0.25, 0.3) is 0 Å². The van der Waals surface area contributed by atoms with Crippen LogP contribution in [0.5, 0.6) is 5.75 Å². The number of nitrogens with zero attached hydrogens (tertiary/aromatic N) is 1. The molecule has 1 heterocycles. The van der Waals surface area contributed by atoms with Crippen molar-refractivity contribution in [2.24, 2.45) is 0 Å². The summed E-state index contributed by atoms with van der Waals surface area (Å²) in [4.78, 5) is 2.64. The van der Waals surface area contributed by atoms with Crippen LogP contribution in [0, 0.1) is 0 Å². The Labute approximate surface area is 120 Å². The van der Waals surface area contributed by atoms with Crippen LogP contribution in [0.2, 0.25) is 0 Å². The number of rotatable bonds is 3. The first-order valence-corrected chi connectivity index (χ1v) is 8.16. The molecular weight excluding hydrogens is 274 g/mol. The van der Waals surface area contributed by atoms with Gasteiger partial charge in [0.15, 0.2) is 6.73 Å². The van der Waals surface area contributed by atoms with E-state index in [2.05, 4.69) is 0 Å². The molecule has 0 amide bonds. The summed E-state index contributed by atoms with van der Waals surface area (Å²) in [6.07, 6.45) is 0. The summed E-state index contributed by atoms with van der Waals surface area (Å²) in [6.45, 7) is 0.975. The summed E-state index contributed by atoms with van der Waals surface area (Å²) in [5.41, 5.74) is 0.842. The molecule has 0 spiro atoms. The molecule has 3 rings (SSSR count). The SMILES string of the molecule is OS1(O)CCN(COc2ccccc2)c2ccccc21. The highest BCUT2D eigenvalue weighted by molar-refractivity contribution is 8.24. The summed E-state index contributed by atoms with van der Waals surface area (Å²) in [5.74, 6) is 1.16. The second-order valence-corrected chi connectivity index (χ2v) is 6.87. The number of benzene rings is 2. The number of ether oxygens (including phenoxy) is 1. The highest BCUT2D eigenvalue weighted by atomic mass is 32.3. The molecule has 0 bridgehead atoms. The van der Waals surface area contributed by atoms with Crippen molar-refractivity contribution >= 4 is 16.3 Å². The first-order chi connectivity index (χ1) is 9.67. The van der Waals surface area contributed by atoms with Crippen LogP contribution >= 0.6 is 10.6 Å². The van der Waals surface area contributed by atoms with E-state index in [0.29, 0.717) is 23.9 Å². The van der Waals surface area contributed by atoms with E-state index in [0.717, 1.165) is 11.4 Å². The average Bonchev–Trinajstić information content (AvgIpc) is 2.48. The highest BCUT2D eigenvalue weighted by Crippen LogP contribution is 2.54. The Balaban J connectivity index is 1.79. The molecule has 2 N–H and O–H groups in total. The van der Waals surface area contributed by atoms with Crippen molar-refractivity contribution in [1.29, 1.82) is 0 Å². The van der Waals surface area contributed by atoms with E-state index in [9.17, 15) is 9.11 Å². The standard InChI is InChI=1S/C15H17NO3S/c17-20(18)11-10-16(14-8-4-5-9-15(14)20)12-19-13-6-2-1-3-7-13/h1-9,17-18H,10-12H2. The lowest BCUT2D eigenvalue weighted by molar-refractivity contribution is 0.312. The lowest BCUT2D eigenvalue weighted by Gasteiger charge is -2.42. The van der Waals surface area contributed by atoms with Crippen molar-refractivity contribution in [3.63, 3.8) is 0 Å². The molecule has 1 aliphatic heterocycles. The maximum absolute atomic E-state index is 10.1. The van der Waals surface area contributed by atoms with Crippen molar-refractivity contribution < 1.29 is 13.8 Å². The molecular formula is C15H17NO3S. The summed E-state index contributed by atoms with van der Waals surface area (Å²) >= 11 is 0. The van der Waals surface area contributed by atoms with E-state index < -0.39 is 10.6 Å². The number of anilines is 1. The van der Waals surface area contributed by atoms with E-state index in [1.165, 1.54) is 0 Å². The van der Waals surface area contributed by atoms with Gasteiger partial charge in [0.2, 0.25) is 0 Å². The van der Waals surface area contributed by atoms with Crippen LogP contribution in [-0.2, 0) is 0 Å². The molecule has 106 valence electrons. The third kappa shape index (κ3) is 2.60. The van der Waals surface area contributed by atoms with Crippen LogP contribution in [0.15, 0.2) is 59.5 Å². The summed E-state index contributed by atoms with van der Waals surface area (Å²) in [5, 5.41) is 0. The van der Waals surface area contributed by atoms with Crippen LogP contribution < -0.4 is 9.64 Å². The summed E-state index contributed by atoms with van der Waals surface area (Å²) < 4.78 is 25.9. The predicted molar refractivity (Wildman–Crippen MR) is 81.7 cm³/mol. The van der Waals surface area contributed by atoms with E-state index in [-0.39, 0.29) is 0 Å². The van der Waals surface area contributed by atoms with Crippen LogP contribution in [-0.4, -0.2) is 28.1 Å². The van der Waals surface area contributed by atoms with Crippen LogP contribution in [0.1, 0.15) is 0 Å². The Bertz CT molecular complexity index is 589. The molecule has 0 unspecified atom stereocenters. The number of fused-ring (bicyclic) bond motifs is 1. The number of hydrogen-bond acceptors (Lipinski definition) is 4. The van der Waals surface area contributed by atoms with Crippen molar-refractivity contribution in [3.8, 4) is 5.75 Å². The number of hydrogen-bond donors (Lipinski definition) is 2. The third-order valence-electron chi connectivity index (χ3n) is 3.33. The Morgan fingerprint density at radius 2 is 1.70 bits per heavy atom. The average molecular weight is 291 g/mol. The van der Waals surface area contributed by atoms with Gasteiger partial charge in [-0.2, -0.15) is 10.6 Å². The lowest BCUT2D eigenvalue weighted by Crippen LogP contribution is -2.36. The summed E-state index contributed by atoms with van der Waals surface area (Å²) in [7, 11) is -2.66. The Hall–Kier alpha value is -1.69. The fraction of sp³-hybridized carbons (Fsp3) is 0.200. The van der Waals surface area contributed by atoms with Gasteiger partial charge in [-0.05, 0) is 24.3 Å². The molecule has 1 aliphatic rings. The molecule has 0 radical (unpaired) electrons. The molecule has 2 aromatic carbocycles. The quantitative estimate of drug-likeness (QED) is 0.906. The predicted octanol–water partition coefficient (Wildman–Crippen LogP) is 3.65. The second-order valence-electron chi connectivity index (χ2n) is 4.69. The van der Waals surface area contributed by atoms with Gasteiger partial charge in [-0.15, -0.1) is 0 Å². The van der Waals surface area contributed by atoms with Gasteiger partial charge < -0.3 is 9.64 Å². The van der Waals surface area contributed by atoms with Gasteiger partial charge in [0, 0.05) is 6.54 Å². The minimum Gasteiger partial charge on any atom is -0.473 e. The smallest absolute Gasteiger partial charge is 0.161 e. The van der Waals surface area contributed by atoms with Gasteiger partial charge in [0.25, 0.3) is 0 Å². The molecule has 0 aliphatic carbocycles. The molecule has 0 atom stereocenters. The van der Waals surface area contributed by atoms with E-state index >= 15 is 0 Å². The minimum absolute atomic E-state index is 0.349. The Morgan fingerprint density at radius 1 is 1.00 bits per heavy atom. The van der Waals surface area contributed by atoms with E-state index in [1.807, 2.05) is 53.4 Å². The van der Waals surface area contributed by atoms with E-state index in [1.54, 1.807) is 6.07 Å². The molecule has 0 saturated carbocycles. The van der Waals surface area contributed by atoms with Gasteiger partial charge in [0.05, 0.1) is 16.3 Å². The second kappa shape index (κ2) is 5.36. The molecule has 4 nitrogen and oxygen atoms in total. The Morgan fingerprint density at radius 3 is 2.50 bits per heavy atom. The topological polar surface area (TPSA) is 52.9 Å². The normalized spacial score (nSPS) is 18.2. The molecule has 0 saturated heterocycles. The third-order valence-corrected chi connectivity index (χ3v) is 5.14. The van der Waals surface area contributed by atoms with E-state index in [4.69, 9.17) is 4.74 Å². The Kier molecular flexibility index (Phi) is 3.56. The zero-order valence-corrected chi connectivity index (χ0v) is 11.8. The first kappa shape index (κ1) is 13.3. The maximum atomic E-state index is 10.1. The fourth-order valence-corrected chi connectivity index (χ4v) is 3.79. The van der Waals surface area contributed by atoms with Gasteiger partial charge in [-0.1, -0.05) is 30.3 Å². The molecule has 2 aromatic rings. The van der Waals surface area contributed by atoms with Crippen molar-refractivity contribution in [2.45, 2.75) is 4.90 Å². The summed E-state index contributed by atoms with van der Waals surface area (Å²) in [6, 6.07) is 17.0. The maximum Gasteiger partial charge on any atom is 0.161 e. The molecule has 20 heavy (non-hydrogen) atoms.